The molecule has 2 aliphatic heterocycles. The van der Waals surface area contributed by atoms with E-state index in [4.69, 9.17) is 16.2 Å². The topological polar surface area (TPSA) is 174 Å². The fourth-order valence-electron chi connectivity index (χ4n) is 10.2. The Morgan fingerprint density at radius 2 is 1.83 bits per heavy atom. The first-order valence-corrected chi connectivity index (χ1v) is 23.7. The minimum atomic E-state index is -0.774. The summed E-state index contributed by atoms with van der Waals surface area (Å²) in [4.78, 5) is 17.9. The van der Waals surface area contributed by atoms with Crippen molar-refractivity contribution in [3.05, 3.63) is 123 Å². The predicted molar refractivity (Wildman–Crippen MR) is 238 cm³/mol. The number of aromatic hydroxyl groups is 2. The standard InChI is InChI=1S/C49H55N3O6S2/c1-2-4-34-13-17-49-28-48(34,26-46(49)57)18-14-35(53)10-7-30-9-12-43(55)45(22-30)58-20-16-31-8-11-42(54)40(21-31)39-25-44(56)36-15-19-52-41(36)6-3-5-32-23-38(47(50)51)33(24-37(32)39)27-59-60-29-49/h8-9,11-12,14-15,18-19,21-24,34,39,46-47,54-57H,2,4,6-7,10,13,16-17,20,25-29,50-51H2,1H3/p-1/b18-14+,44-36?/t34-,39+,46+,48+,49+/m1/s1. The van der Waals surface area contributed by atoms with Crippen molar-refractivity contribution in [1.82, 2.24) is 0 Å². The van der Waals surface area contributed by atoms with Crippen LogP contribution in [0.1, 0.15) is 116 Å². The van der Waals surface area contributed by atoms with Crippen molar-refractivity contribution in [2.75, 3.05) is 12.4 Å². The number of ketones is 1. The molecule has 0 amide bonds. The average molecular weight is 845 g/mol. The van der Waals surface area contributed by atoms with Crippen LogP contribution in [0.15, 0.2) is 89.3 Å². The number of aliphatic hydroxyl groups is 1. The molecule has 3 aromatic carbocycles. The number of carbonyl (C=O) groups excluding carboxylic acids is 1. The molecule has 11 heteroatoms. The predicted octanol–water partition coefficient (Wildman–Crippen LogP) is 7.79. The number of fused-ring (bicyclic) bond motifs is 7. The highest BCUT2D eigenvalue weighted by molar-refractivity contribution is 8.76. The van der Waals surface area contributed by atoms with Crippen molar-refractivity contribution in [3.8, 4) is 29.1 Å². The summed E-state index contributed by atoms with van der Waals surface area (Å²) in [6, 6.07) is 14.7. The Balaban J connectivity index is 1.20. The third kappa shape index (κ3) is 8.68. The zero-order chi connectivity index (χ0) is 42.0. The molecule has 0 aromatic heterocycles. The largest absolute Gasteiger partial charge is 0.875 e. The Morgan fingerprint density at radius 1 is 1.02 bits per heavy atom. The number of aliphatic hydroxyl groups excluding tert-OH is 1. The first-order valence-electron chi connectivity index (χ1n) is 21.2. The minimum absolute atomic E-state index is 0.0122. The summed E-state index contributed by atoms with van der Waals surface area (Å²) < 4.78 is 6.13. The van der Waals surface area contributed by atoms with E-state index in [2.05, 4.69) is 35.9 Å². The molecule has 5 aliphatic rings. The molecule has 8 bridgehead atoms. The number of benzene rings is 3. The Labute approximate surface area is 360 Å². The summed E-state index contributed by atoms with van der Waals surface area (Å²) in [7, 11) is 3.46. The number of nitrogens with zero attached hydrogens (tertiary/aromatic N) is 1. The van der Waals surface area contributed by atoms with Gasteiger partial charge in [-0.25, -0.2) is 0 Å². The van der Waals surface area contributed by atoms with Gasteiger partial charge in [-0.15, -0.1) is 5.76 Å². The number of aliphatic imine (C=N–C) groups is 1. The van der Waals surface area contributed by atoms with Gasteiger partial charge in [0.15, 0.2) is 17.3 Å². The quantitative estimate of drug-likeness (QED) is 0.0995. The van der Waals surface area contributed by atoms with Crippen LogP contribution in [0.4, 0.5) is 0 Å². The molecule has 0 saturated heterocycles. The summed E-state index contributed by atoms with van der Waals surface area (Å²) in [6.07, 6.45) is 13.3. The van der Waals surface area contributed by atoms with Crippen LogP contribution in [0.25, 0.3) is 0 Å². The van der Waals surface area contributed by atoms with Crippen molar-refractivity contribution in [2.24, 2.45) is 33.2 Å². The van der Waals surface area contributed by atoms with E-state index in [9.17, 15) is 25.2 Å². The molecule has 5 atom stereocenters. The molecule has 60 heavy (non-hydrogen) atoms. The zero-order valence-corrected chi connectivity index (χ0v) is 35.8. The van der Waals surface area contributed by atoms with E-state index in [1.807, 2.05) is 24.3 Å². The molecule has 9 nitrogen and oxygen atoms in total. The van der Waals surface area contributed by atoms with E-state index >= 15 is 0 Å². The minimum Gasteiger partial charge on any atom is -0.875 e. The van der Waals surface area contributed by atoms with Gasteiger partial charge in [0, 0.05) is 53.0 Å². The Bertz CT molecular complexity index is 2340. The van der Waals surface area contributed by atoms with E-state index in [0.29, 0.717) is 71.9 Å². The maximum absolute atomic E-state index is 14.1. The van der Waals surface area contributed by atoms with Crippen LogP contribution in [0, 0.1) is 28.6 Å². The van der Waals surface area contributed by atoms with Crippen LogP contribution in [0.3, 0.4) is 0 Å². The lowest BCUT2D eigenvalue weighted by molar-refractivity contribution is -0.307. The second-order valence-electron chi connectivity index (χ2n) is 17.3. The molecule has 3 aromatic rings. The van der Waals surface area contributed by atoms with Gasteiger partial charge in [0.1, 0.15) is 5.75 Å². The Kier molecular flexibility index (Phi) is 12.6. The first-order chi connectivity index (χ1) is 29.0. The molecular formula is C49H54N3O6S2-. The molecule has 3 aliphatic carbocycles. The highest BCUT2D eigenvalue weighted by Gasteiger charge is 2.58. The maximum atomic E-state index is 14.1. The van der Waals surface area contributed by atoms with Gasteiger partial charge in [0.25, 0.3) is 0 Å². The van der Waals surface area contributed by atoms with Crippen LogP contribution in [-0.2, 0) is 23.4 Å². The maximum Gasteiger partial charge on any atom is 0.161 e. The number of ether oxygens (including phenoxy) is 1. The number of carbonyl (C=O) groups is 1. The van der Waals surface area contributed by atoms with Crippen LogP contribution in [0.2, 0.25) is 0 Å². The fourth-order valence-corrected chi connectivity index (χ4v) is 13.0. The Hall–Kier alpha value is -4.44. The lowest BCUT2D eigenvalue weighted by atomic mass is 9.62. The van der Waals surface area contributed by atoms with E-state index in [0.717, 1.165) is 65.7 Å². The summed E-state index contributed by atoms with van der Waals surface area (Å²) in [6.45, 7) is 2.45. The second kappa shape index (κ2) is 17.9. The molecule has 0 radical (unpaired) electrons. The van der Waals surface area contributed by atoms with Gasteiger partial charge in [0.05, 0.1) is 31.0 Å². The molecule has 0 unspecified atom stereocenters. The summed E-state index contributed by atoms with van der Waals surface area (Å²) in [5, 5.41) is 48.2. The number of phenols is 2. The Morgan fingerprint density at radius 3 is 2.65 bits per heavy atom. The van der Waals surface area contributed by atoms with Gasteiger partial charge >= 0.3 is 0 Å². The van der Waals surface area contributed by atoms with Crippen LogP contribution >= 0.6 is 21.6 Å². The normalized spacial score (nSPS) is 27.4. The van der Waals surface area contributed by atoms with Crippen molar-refractivity contribution >= 4 is 33.1 Å². The zero-order valence-electron chi connectivity index (χ0n) is 34.1. The van der Waals surface area contributed by atoms with Gasteiger partial charge in [-0.1, -0.05) is 77.1 Å². The average Bonchev–Trinajstić information content (AvgIpc) is 3.79. The molecule has 0 spiro atoms. The van der Waals surface area contributed by atoms with Crippen molar-refractivity contribution in [1.29, 1.82) is 0 Å². The lowest BCUT2D eigenvalue weighted by Gasteiger charge is -2.44. The number of hydrogen-bond donors (Lipinski definition) is 5. The van der Waals surface area contributed by atoms with Crippen LogP contribution < -0.4 is 21.3 Å². The van der Waals surface area contributed by atoms with E-state index in [-0.39, 0.29) is 46.9 Å². The number of hydrogen-bond acceptors (Lipinski definition) is 11. The number of allylic oxidation sites excluding steroid dienone is 5. The summed E-state index contributed by atoms with van der Waals surface area (Å²) >= 11 is 0. The summed E-state index contributed by atoms with van der Waals surface area (Å²) in [5.41, 5.74) is 19.1. The van der Waals surface area contributed by atoms with Crippen LogP contribution in [-0.4, -0.2) is 45.3 Å². The molecule has 2 saturated carbocycles. The molecule has 314 valence electrons. The monoisotopic (exact) mass is 844 g/mol. The highest BCUT2D eigenvalue weighted by atomic mass is 33.1. The highest BCUT2D eigenvalue weighted by Crippen LogP contribution is 2.64. The molecule has 8 rings (SSSR count). The van der Waals surface area contributed by atoms with E-state index < -0.39 is 18.2 Å². The van der Waals surface area contributed by atoms with Gasteiger partial charge < -0.3 is 36.6 Å². The summed E-state index contributed by atoms with van der Waals surface area (Å²) in [5.74, 6) is 8.16. The molecule has 7 N–H and O–H groups in total. The van der Waals surface area contributed by atoms with Gasteiger partial charge in [-0.2, -0.15) is 0 Å². The fraction of sp³-hybridized carbons (Fsp3) is 0.429. The van der Waals surface area contributed by atoms with E-state index in [1.54, 1.807) is 58.1 Å². The lowest BCUT2D eigenvalue weighted by Crippen LogP contribution is -2.38. The first kappa shape index (κ1) is 42.3. The van der Waals surface area contributed by atoms with Gasteiger partial charge in [-0.05, 0) is 126 Å². The number of nitrogens with two attached hydrogens (primary N) is 2. The smallest absolute Gasteiger partial charge is 0.161 e. The molecule has 2 heterocycles. The number of rotatable bonds is 3. The van der Waals surface area contributed by atoms with Crippen LogP contribution in [0.5, 0.6) is 17.2 Å². The van der Waals surface area contributed by atoms with Crippen molar-refractivity contribution < 1.29 is 30.0 Å². The third-order valence-corrected chi connectivity index (χ3v) is 15.9. The van der Waals surface area contributed by atoms with E-state index in [1.165, 1.54) is 0 Å². The molecule has 2 fully saturated rings. The number of phenolic OH excluding ortho intramolecular Hbond substituents is 2. The van der Waals surface area contributed by atoms with Crippen molar-refractivity contribution in [2.45, 2.75) is 101 Å². The van der Waals surface area contributed by atoms with Gasteiger partial charge in [-0.3, -0.25) is 9.79 Å². The number of aryl methyl sites for hydroxylation is 1. The third-order valence-electron chi connectivity index (χ3n) is 13.4. The van der Waals surface area contributed by atoms with Gasteiger partial charge in [0.2, 0.25) is 0 Å². The molecular weight excluding hydrogens is 791 g/mol. The SMILES string of the molecule is CCC[C@@H]1CC[C@]23CSSCc4cc5c(cc4C(N)N)C#CCC4=NC=CC4=C([O-])C[C@@H]5c4cc(ccc4O)CCOc4cc(ccc4O)CCC(=O)/C=C/[C@]1(C[C@@H]2O)C3. The van der Waals surface area contributed by atoms with Crippen molar-refractivity contribution in [3.63, 3.8) is 0 Å². The second-order valence-corrected chi connectivity index (χ2v) is 19.7.